The molecule has 0 spiro atoms. The maximum atomic E-state index is 11.3. The van der Waals surface area contributed by atoms with Crippen molar-refractivity contribution in [3.05, 3.63) is 0 Å². The van der Waals surface area contributed by atoms with Crippen LogP contribution in [0.25, 0.3) is 0 Å². The van der Waals surface area contributed by atoms with Gasteiger partial charge >= 0.3 is 0 Å². The van der Waals surface area contributed by atoms with Gasteiger partial charge in [-0.05, 0) is 18.8 Å². The fourth-order valence-corrected chi connectivity index (χ4v) is 1.83. The molecule has 0 saturated heterocycles. The lowest BCUT2D eigenvalue weighted by molar-refractivity contribution is -0.120. The monoisotopic (exact) mass is 204 g/mol. The average Bonchev–Trinajstić information content (AvgIpc) is 1.78. The highest BCUT2D eigenvalue weighted by atomic mass is 32.2. The Kier molecular flexibility index (Phi) is 3.08. The van der Waals surface area contributed by atoms with Crippen molar-refractivity contribution in [2.24, 2.45) is 16.0 Å². The lowest BCUT2D eigenvalue weighted by Gasteiger charge is -2.28. The van der Waals surface area contributed by atoms with Gasteiger partial charge in [-0.2, -0.15) is 4.36 Å². The molecule has 1 aliphatic rings. The number of amides is 1. The maximum Gasteiger partial charge on any atom is 0.270 e. The van der Waals surface area contributed by atoms with E-state index in [9.17, 15) is 9.00 Å². The number of carbonyl (C=O) groups excluding carboxylic acids is 1. The van der Waals surface area contributed by atoms with Gasteiger partial charge in [-0.15, -0.1) is 0 Å². The number of rotatable bonds is 2. The summed E-state index contributed by atoms with van der Waals surface area (Å²) in [6.07, 6.45) is 6.02. The summed E-state index contributed by atoms with van der Waals surface area (Å²) in [6, 6.07) is -0.533. The van der Waals surface area contributed by atoms with E-state index in [4.69, 9.17) is 5.73 Å². The van der Waals surface area contributed by atoms with Gasteiger partial charge in [0.1, 0.15) is 0 Å². The van der Waals surface area contributed by atoms with Crippen LogP contribution in [0.2, 0.25) is 0 Å². The molecule has 1 fully saturated rings. The molecule has 1 atom stereocenters. The summed E-state index contributed by atoms with van der Waals surface area (Å²) in [4.78, 5) is 11.3. The molecule has 0 bridgehead atoms. The summed E-state index contributed by atoms with van der Waals surface area (Å²) < 4.78 is 14.8. The number of nitrogens with two attached hydrogens (primary N) is 1. The molecule has 1 amide bonds. The van der Waals surface area contributed by atoms with Gasteiger partial charge in [0.25, 0.3) is 5.91 Å². The number of hydrogen-bond acceptors (Lipinski definition) is 3. The molecule has 1 unspecified atom stereocenters. The predicted molar refractivity (Wildman–Crippen MR) is 52.7 cm³/mol. The molecule has 0 aromatic heterocycles. The van der Waals surface area contributed by atoms with Gasteiger partial charge in [-0.25, -0.2) is 4.21 Å². The second-order valence-corrected chi connectivity index (χ2v) is 6.37. The van der Waals surface area contributed by atoms with Crippen molar-refractivity contribution in [2.45, 2.75) is 25.3 Å². The van der Waals surface area contributed by atoms with Crippen LogP contribution in [-0.2, 0) is 14.5 Å². The minimum Gasteiger partial charge on any atom is -0.320 e. The minimum absolute atomic E-state index is 0.262. The van der Waals surface area contributed by atoms with Crippen LogP contribution in [0.3, 0.4) is 0 Å². The van der Waals surface area contributed by atoms with Crippen molar-refractivity contribution >= 4 is 15.6 Å². The van der Waals surface area contributed by atoms with Crippen LogP contribution in [0.5, 0.6) is 0 Å². The Balaban J connectivity index is 2.62. The van der Waals surface area contributed by atoms with E-state index in [1.165, 1.54) is 12.5 Å². The van der Waals surface area contributed by atoms with Crippen molar-refractivity contribution in [3.63, 3.8) is 0 Å². The summed E-state index contributed by atoms with van der Waals surface area (Å²) in [6.45, 7) is 0. The van der Waals surface area contributed by atoms with Crippen LogP contribution < -0.4 is 5.73 Å². The van der Waals surface area contributed by atoms with Gasteiger partial charge in [0.05, 0.1) is 6.04 Å². The summed E-state index contributed by atoms with van der Waals surface area (Å²) in [5.74, 6) is -0.141. The molecule has 13 heavy (non-hydrogen) atoms. The fraction of sp³-hybridized carbons (Fsp3) is 0.875. The Labute approximate surface area is 79.1 Å². The van der Waals surface area contributed by atoms with E-state index >= 15 is 0 Å². The van der Waals surface area contributed by atoms with Crippen LogP contribution in [0.4, 0.5) is 0 Å². The van der Waals surface area contributed by atoms with Crippen molar-refractivity contribution in [2.75, 3.05) is 12.5 Å². The number of hydrogen-bond donors (Lipinski definition) is 1. The first-order valence-corrected chi connectivity index (χ1v) is 6.70. The van der Waals surface area contributed by atoms with Gasteiger partial charge in [0, 0.05) is 22.2 Å². The van der Waals surface area contributed by atoms with Crippen LogP contribution in [0.1, 0.15) is 19.3 Å². The fourth-order valence-electron chi connectivity index (χ4n) is 1.28. The van der Waals surface area contributed by atoms with E-state index in [0.717, 1.165) is 19.3 Å². The molecule has 1 saturated carbocycles. The molecule has 1 rings (SSSR count). The van der Waals surface area contributed by atoms with Crippen LogP contribution >= 0.6 is 0 Å². The van der Waals surface area contributed by atoms with E-state index in [0.29, 0.717) is 0 Å². The smallest absolute Gasteiger partial charge is 0.270 e. The molecular weight excluding hydrogens is 188 g/mol. The zero-order chi connectivity index (χ0) is 10.1. The molecule has 1 aliphatic carbocycles. The molecular formula is C8H16N2O2S. The second kappa shape index (κ2) is 3.75. The SMILES string of the molecule is CS(C)(=O)=NC(=O)C(N)C1CCC1. The molecule has 0 radical (unpaired) electrons. The summed E-state index contributed by atoms with van der Waals surface area (Å²) in [5, 5.41) is 0. The Bertz CT molecular complexity index is 306. The van der Waals surface area contributed by atoms with E-state index in [2.05, 4.69) is 4.36 Å². The Morgan fingerprint density at radius 3 is 2.38 bits per heavy atom. The third kappa shape index (κ3) is 3.08. The second-order valence-electron chi connectivity index (χ2n) is 3.83. The van der Waals surface area contributed by atoms with Crippen molar-refractivity contribution in [3.8, 4) is 0 Å². The molecule has 0 heterocycles. The molecule has 2 N–H and O–H groups in total. The van der Waals surface area contributed by atoms with E-state index in [-0.39, 0.29) is 5.92 Å². The maximum absolute atomic E-state index is 11.3. The van der Waals surface area contributed by atoms with Crippen LogP contribution in [0.15, 0.2) is 4.36 Å². The van der Waals surface area contributed by atoms with Gasteiger partial charge in [0.2, 0.25) is 0 Å². The van der Waals surface area contributed by atoms with Crippen LogP contribution in [-0.4, -0.2) is 28.7 Å². The number of carbonyl (C=O) groups is 1. The zero-order valence-corrected chi connectivity index (χ0v) is 8.84. The number of nitrogens with zero attached hydrogens (tertiary/aromatic N) is 1. The molecule has 5 heteroatoms. The standard InChI is InChI=1S/C8H16N2O2S/c1-13(2,12)10-8(11)7(9)6-4-3-5-6/h6-7H,3-5,9H2,1-2H3. The van der Waals surface area contributed by atoms with Crippen molar-refractivity contribution in [1.82, 2.24) is 0 Å². The highest BCUT2D eigenvalue weighted by Crippen LogP contribution is 2.29. The van der Waals surface area contributed by atoms with E-state index in [1.54, 1.807) is 0 Å². The summed E-state index contributed by atoms with van der Waals surface area (Å²) >= 11 is 0. The van der Waals surface area contributed by atoms with Gasteiger partial charge < -0.3 is 5.73 Å². The largest absolute Gasteiger partial charge is 0.320 e. The third-order valence-electron chi connectivity index (χ3n) is 2.25. The third-order valence-corrected chi connectivity index (χ3v) is 2.87. The molecule has 4 nitrogen and oxygen atoms in total. The summed E-state index contributed by atoms with van der Waals surface area (Å²) in [5.41, 5.74) is 5.66. The van der Waals surface area contributed by atoms with Gasteiger partial charge in [-0.3, -0.25) is 4.79 Å². The normalized spacial score (nSPS) is 20.5. The molecule has 76 valence electrons. The lowest BCUT2D eigenvalue weighted by Crippen LogP contribution is -2.40. The Morgan fingerprint density at radius 2 is 2.08 bits per heavy atom. The Hall–Kier alpha value is -0.420. The highest BCUT2D eigenvalue weighted by Gasteiger charge is 2.29. The average molecular weight is 204 g/mol. The van der Waals surface area contributed by atoms with E-state index < -0.39 is 21.7 Å². The highest BCUT2D eigenvalue weighted by molar-refractivity contribution is 7.92. The summed E-state index contributed by atoms with van der Waals surface area (Å²) in [7, 11) is -2.34. The minimum atomic E-state index is -2.34. The van der Waals surface area contributed by atoms with Gasteiger partial charge in [-0.1, -0.05) is 6.42 Å². The topological polar surface area (TPSA) is 72.5 Å². The van der Waals surface area contributed by atoms with Crippen LogP contribution in [0, 0.1) is 5.92 Å². The van der Waals surface area contributed by atoms with Gasteiger partial charge in [0.15, 0.2) is 0 Å². The lowest BCUT2D eigenvalue weighted by atomic mass is 9.80. The first-order valence-electron chi connectivity index (χ1n) is 4.37. The van der Waals surface area contributed by atoms with Crippen molar-refractivity contribution in [1.29, 1.82) is 0 Å². The molecule has 0 aliphatic heterocycles. The first kappa shape index (κ1) is 10.7. The predicted octanol–water partition coefficient (Wildman–Crippen LogP) is 0.368. The first-order chi connectivity index (χ1) is 5.90. The molecule has 0 aromatic carbocycles. The molecule has 0 aromatic rings. The van der Waals surface area contributed by atoms with E-state index in [1.807, 2.05) is 0 Å². The zero-order valence-electron chi connectivity index (χ0n) is 8.03. The quantitative estimate of drug-likeness (QED) is 0.706. The Morgan fingerprint density at radius 1 is 1.54 bits per heavy atom. The van der Waals surface area contributed by atoms with Crippen molar-refractivity contribution < 1.29 is 9.00 Å².